The smallest absolute Gasteiger partial charge is 0.259 e. The summed E-state index contributed by atoms with van der Waals surface area (Å²) in [4.78, 5) is 25.2. The first-order chi connectivity index (χ1) is 11.0. The second-order valence-electron chi connectivity index (χ2n) is 6.21. The lowest BCUT2D eigenvalue weighted by Gasteiger charge is -2.25. The molecule has 0 heterocycles. The average molecular weight is 356 g/mol. The van der Waals surface area contributed by atoms with Crippen molar-refractivity contribution in [2.75, 3.05) is 26.0 Å². The van der Waals surface area contributed by atoms with Crippen LogP contribution in [0.3, 0.4) is 0 Å². The summed E-state index contributed by atoms with van der Waals surface area (Å²) < 4.78 is 5.40. The van der Waals surface area contributed by atoms with Crippen LogP contribution in [-0.4, -0.2) is 43.5 Å². The van der Waals surface area contributed by atoms with E-state index in [9.17, 15) is 9.59 Å². The standard InChI is InChI=1S/C17H25N3O3.ClH/c1-20(2)16(21)11-23-15-8-6-14(7-9-15)19-17(22)12-4-3-5-13(18)10-12;/h6-9,12-13H,3-5,10-11,18H2,1-2H3,(H,19,22);1H. The van der Waals surface area contributed by atoms with Gasteiger partial charge in [-0.25, -0.2) is 0 Å². The maximum absolute atomic E-state index is 12.2. The van der Waals surface area contributed by atoms with E-state index in [1.54, 1.807) is 38.4 Å². The van der Waals surface area contributed by atoms with E-state index in [0.29, 0.717) is 5.75 Å². The number of amides is 2. The third-order valence-electron chi connectivity index (χ3n) is 4.07. The molecule has 2 amide bonds. The average Bonchev–Trinajstić information content (AvgIpc) is 2.53. The number of rotatable bonds is 5. The summed E-state index contributed by atoms with van der Waals surface area (Å²) in [7, 11) is 3.36. The van der Waals surface area contributed by atoms with E-state index < -0.39 is 0 Å². The van der Waals surface area contributed by atoms with Crippen LogP contribution in [-0.2, 0) is 9.59 Å². The molecule has 1 fully saturated rings. The Hall–Kier alpha value is -1.79. The van der Waals surface area contributed by atoms with Gasteiger partial charge in [-0.3, -0.25) is 9.59 Å². The number of likely N-dealkylation sites (N-methyl/N-ethyl adjacent to an activating group) is 1. The van der Waals surface area contributed by atoms with Gasteiger partial charge in [0, 0.05) is 31.7 Å². The van der Waals surface area contributed by atoms with Crippen LogP contribution < -0.4 is 15.8 Å². The van der Waals surface area contributed by atoms with Crippen molar-refractivity contribution in [3.8, 4) is 5.75 Å². The summed E-state index contributed by atoms with van der Waals surface area (Å²) in [6, 6.07) is 7.16. The van der Waals surface area contributed by atoms with Crippen molar-refractivity contribution in [2.45, 2.75) is 31.7 Å². The summed E-state index contributed by atoms with van der Waals surface area (Å²) in [6.45, 7) is -0.00132. The van der Waals surface area contributed by atoms with E-state index in [-0.39, 0.29) is 42.8 Å². The summed E-state index contributed by atoms with van der Waals surface area (Å²) in [5, 5.41) is 2.92. The van der Waals surface area contributed by atoms with Gasteiger partial charge in [0.2, 0.25) is 5.91 Å². The van der Waals surface area contributed by atoms with Gasteiger partial charge in [0.05, 0.1) is 0 Å². The second-order valence-corrected chi connectivity index (χ2v) is 6.21. The van der Waals surface area contributed by atoms with Gasteiger partial charge in [0.1, 0.15) is 5.75 Å². The lowest BCUT2D eigenvalue weighted by Crippen LogP contribution is -2.34. The van der Waals surface area contributed by atoms with Gasteiger partial charge in [-0.05, 0) is 43.5 Å². The first-order valence-corrected chi connectivity index (χ1v) is 7.95. The molecule has 3 N–H and O–H groups in total. The molecule has 24 heavy (non-hydrogen) atoms. The quantitative estimate of drug-likeness (QED) is 0.846. The molecule has 1 aromatic rings. The lowest BCUT2D eigenvalue weighted by molar-refractivity contribution is -0.130. The Bertz CT molecular complexity index is 549. The van der Waals surface area contributed by atoms with E-state index >= 15 is 0 Å². The summed E-state index contributed by atoms with van der Waals surface area (Å²) in [5.41, 5.74) is 6.65. The Morgan fingerprint density at radius 1 is 1.25 bits per heavy atom. The second kappa shape index (κ2) is 9.49. The first-order valence-electron chi connectivity index (χ1n) is 7.95. The summed E-state index contributed by atoms with van der Waals surface area (Å²) >= 11 is 0. The predicted molar refractivity (Wildman–Crippen MR) is 96.4 cm³/mol. The van der Waals surface area contributed by atoms with E-state index in [1.165, 1.54) is 4.90 Å². The topological polar surface area (TPSA) is 84.7 Å². The van der Waals surface area contributed by atoms with E-state index in [4.69, 9.17) is 10.5 Å². The molecule has 0 aromatic heterocycles. The molecule has 0 spiro atoms. The number of ether oxygens (including phenoxy) is 1. The SMILES string of the molecule is CN(C)C(=O)COc1ccc(NC(=O)C2CCCC(N)C2)cc1.Cl. The van der Waals surface area contributed by atoms with E-state index in [1.807, 2.05) is 0 Å². The Labute approximate surface area is 149 Å². The molecule has 6 nitrogen and oxygen atoms in total. The summed E-state index contributed by atoms with van der Waals surface area (Å²) in [6.07, 6.45) is 3.65. The molecular weight excluding hydrogens is 330 g/mol. The third-order valence-corrected chi connectivity index (χ3v) is 4.07. The van der Waals surface area contributed by atoms with Crippen LogP contribution in [0.15, 0.2) is 24.3 Å². The van der Waals surface area contributed by atoms with Crippen LogP contribution in [0.1, 0.15) is 25.7 Å². The maximum Gasteiger partial charge on any atom is 0.259 e. The monoisotopic (exact) mass is 355 g/mol. The fourth-order valence-corrected chi connectivity index (χ4v) is 2.62. The minimum absolute atomic E-state index is 0. The molecule has 0 aliphatic heterocycles. The molecule has 0 saturated heterocycles. The highest BCUT2D eigenvalue weighted by molar-refractivity contribution is 5.92. The zero-order valence-electron chi connectivity index (χ0n) is 14.2. The minimum atomic E-state index is -0.101. The number of nitrogens with two attached hydrogens (primary N) is 1. The molecule has 1 saturated carbocycles. The van der Waals surface area contributed by atoms with Crippen molar-refractivity contribution in [2.24, 2.45) is 11.7 Å². The number of carbonyl (C=O) groups excluding carboxylic acids is 2. The molecule has 1 aromatic carbocycles. The zero-order valence-corrected chi connectivity index (χ0v) is 15.0. The largest absolute Gasteiger partial charge is 0.484 e. The highest BCUT2D eigenvalue weighted by Crippen LogP contribution is 2.25. The van der Waals surface area contributed by atoms with Gasteiger partial charge in [-0.2, -0.15) is 0 Å². The molecule has 2 unspecified atom stereocenters. The highest BCUT2D eigenvalue weighted by Gasteiger charge is 2.25. The molecule has 1 aliphatic carbocycles. The zero-order chi connectivity index (χ0) is 16.8. The molecule has 0 radical (unpaired) electrons. The van der Waals surface area contributed by atoms with Gasteiger partial charge >= 0.3 is 0 Å². The highest BCUT2D eigenvalue weighted by atomic mass is 35.5. The first kappa shape index (κ1) is 20.3. The Morgan fingerprint density at radius 2 is 1.92 bits per heavy atom. The van der Waals surface area contributed by atoms with Crippen molar-refractivity contribution in [3.05, 3.63) is 24.3 Å². The van der Waals surface area contributed by atoms with Gasteiger partial charge in [0.25, 0.3) is 5.91 Å². The van der Waals surface area contributed by atoms with Crippen LogP contribution in [0.5, 0.6) is 5.75 Å². The summed E-state index contributed by atoms with van der Waals surface area (Å²) in [5.74, 6) is 0.512. The lowest BCUT2D eigenvalue weighted by atomic mass is 9.85. The molecule has 0 bridgehead atoms. The number of hydrogen-bond donors (Lipinski definition) is 2. The molecule has 2 atom stereocenters. The molecule has 134 valence electrons. The number of carbonyl (C=O) groups is 2. The van der Waals surface area contributed by atoms with Crippen molar-refractivity contribution < 1.29 is 14.3 Å². The number of nitrogens with one attached hydrogen (secondary N) is 1. The van der Waals surface area contributed by atoms with Crippen LogP contribution in [0.2, 0.25) is 0 Å². The van der Waals surface area contributed by atoms with Gasteiger partial charge < -0.3 is 20.7 Å². The minimum Gasteiger partial charge on any atom is -0.484 e. The van der Waals surface area contributed by atoms with Crippen LogP contribution in [0.4, 0.5) is 5.69 Å². The third kappa shape index (κ3) is 6.02. The maximum atomic E-state index is 12.2. The number of hydrogen-bond acceptors (Lipinski definition) is 4. The number of halogens is 1. The van der Waals surface area contributed by atoms with Gasteiger partial charge in [-0.1, -0.05) is 6.42 Å². The van der Waals surface area contributed by atoms with Crippen molar-refractivity contribution in [1.82, 2.24) is 4.90 Å². The van der Waals surface area contributed by atoms with Crippen LogP contribution in [0, 0.1) is 5.92 Å². The molecule has 7 heteroatoms. The Balaban J connectivity index is 0.00000288. The fourth-order valence-electron chi connectivity index (χ4n) is 2.62. The Kier molecular flexibility index (Phi) is 8.01. The van der Waals surface area contributed by atoms with Crippen molar-refractivity contribution >= 4 is 29.9 Å². The normalized spacial score (nSPS) is 19.8. The van der Waals surface area contributed by atoms with Crippen LogP contribution in [0.25, 0.3) is 0 Å². The predicted octanol–water partition coefficient (Wildman–Crippen LogP) is 2.03. The van der Waals surface area contributed by atoms with Crippen molar-refractivity contribution in [3.63, 3.8) is 0 Å². The number of anilines is 1. The van der Waals surface area contributed by atoms with Gasteiger partial charge in [-0.15, -0.1) is 12.4 Å². The van der Waals surface area contributed by atoms with E-state index in [2.05, 4.69) is 5.32 Å². The van der Waals surface area contributed by atoms with Crippen molar-refractivity contribution in [1.29, 1.82) is 0 Å². The fraction of sp³-hybridized carbons (Fsp3) is 0.529. The van der Waals surface area contributed by atoms with E-state index in [0.717, 1.165) is 31.4 Å². The number of benzene rings is 1. The molecular formula is C17H26ClN3O3. The Morgan fingerprint density at radius 3 is 2.50 bits per heavy atom. The molecule has 2 rings (SSSR count). The number of nitrogens with zero attached hydrogens (tertiary/aromatic N) is 1. The van der Waals surface area contributed by atoms with Gasteiger partial charge in [0.15, 0.2) is 6.61 Å². The van der Waals surface area contributed by atoms with Crippen LogP contribution >= 0.6 is 12.4 Å². The molecule has 1 aliphatic rings.